The van der Waals surface area contributed by atoms with Crippen molar-refractivity contribution in [3.63, 3.8) is 0 Å². The van der Waals surface area contributed by atoms with E-state index in [0.717, 1.165) is 23.3 Å². The molecule has 0 aliphatic heterocycles. The Morgan fingerprint density at radius 2 is 1.70 bits per heavy atom. The summed E-state index contributed by atoms with van der Waals surface area (Å²) in [5.74, 6) is 0.101. The number of phenols is 1. The molecule has 186 valence electrons. The number of nitro groups is 1. The predicted molar refractivity (Wildman–Crippen MR) is 130 cm³/mol. The number of nitrogens with two attached hydrogens (primary N) is 1. The molecule has 0 bridgehead atoms. The van der Waals surface area contributed by atoms with Crippen molar-refractivity contribution in [2.75, 3.05) is 0 Å². The quantitative estimate of drug-likeness (QED) is 0.0850. The minimum atomic E-state index is -1.38. The number of nitrogens with zero attached hydrogens (tertiary/aromatic N) is 1. The van der Waals surface area contributed by atoms with E-state index in [9.17, 15) is 29.6 Å². The number of ether oxygens (including phenoxy) is 1. The average Bonchev–Trinajstić information content (AvgIpc) is 3.39. The van der Waals surface area contributed by atoms with Gasteiger partial charge < -0.3 is 14.3 Å². The molecule has 1 heterocycles. The molecule has 0 aliphatic rings. The predicted octanol–water partition coefficient (Wildman–Crippen LogP) is 3.75. The van der Waals surface area contributed by atoms with Crippen LogP contribution in [0.1, 0.15) is 42.4 Å². The Bertz CT molecular complexity index is 1510. The van der Waals surface area contributed by atoms with Gasteiger partial charge in [0.25, 0.3) is 5.91 Å². The highest BCUT2D eigenvalue weighted by molar-refractivity contribution is 6.12. The number of esters is 2. The van der Waals surface area contributed by atoms with E-state index in [4.69, 9.17) is 15.0 Å². The van der Waals surface area contributed by atoms with Crippen LogP contribution in [0.25, 0.3) is 11.1 Å². The first-order valence-corrected chi connectivity index (χ1v) is 10.8. The molecule has 0 aliphatic carbocycles. The molecule has 1 aromatic heterocycles. The molecule has 3 aromatic carbocycles. The van der Waals surface area contributed by atoms with Gasteiger partial charge in [0.2, 0.25) is 5.76 Å². The van der Waals surface area contributed by atoms with E-state index in [-0.39, 0.29) is 5.76 Å². The number of nitrogen functional groups attached to an aromatic ring is 1. The summed E-state index contributed by atoms with van der Waals surface area (Å²) in [6.07, 6.45) is 1.90. The van der Waals surface area contributed by atoms with Crippen LogP contribution in [0.3, 0.4) is 0 Å². The molecule has 0 unspecified atom stereocenters. The summed E-state index contributed by atoms with van der Waals surface area (Å²) < 4.78 is 10.2. The third kappa shape index (κ3) is 5.21. The monoisotopic (exact) mass is 501 g/mol. The molecule has 0 saturated carbocycles. The number of hydrogen-bond acceptors (Lipinski definition) is 9. The molecular weight excluding hydrogens is 482 g/mol. The van der Waals surface area contributed by atoms with Crippen molar-refractivity contribution in [2.45, 2.75) is 6.42 Å². The lowest BCUT2D eigenvalue weighted by molar-refractivity contribution is -0.386. The second-order valence-electron chi connectivity index (χ2n) is 7.79. The Balaban J connectivity index is 1.62. The van der Waals surface area contributed by atoms with Crippen molar-refractivity contribution in [1.82, 2.24) is 5.43 Å². The number of benzene rings is 3. The largest absolute Gasteiger partial charge is 0.502 e. The number of rotatable bonds is 7. The lowest BCUT2D eigenvalue weighted by atomic mass is 9.99. The molecule has 11 nitrogen and oxygen atoms in total. The summed E-state index contributed by atoms with van der Waals surface area (Å²) in [5.41, 5.74) is 2.12. The third-order valence-electron chi connectivity index (χ3n) is 5.44. The number of hydrogen-bond donors (Lipinski definition) is 3. The van der Waals surface area contributed by atoms with Crippen LogP contribution in [0.5, 0.6) is 5.75 Å². The van der Waals surface area contributed by atoms with Crippen LogP contribution in [0, 0.1) is 10.1 Å². The van der Waals surface area contributed by atoms with E-state index in [2.05, 4.69) is 0 Å². The Hall–Kier alpha value is -5.29. The normalized spacial score (nSPS) is 10.5. The summed E-state index contributed by atoms with van der Waals surface area (Å²) in [7, 11) is 0. The molecule has 0 spiro atoms. The summed E-state index contributed by atoms with van der Waals surface area (Å²) in [6, 6.07) is 20.4. The van der Waals surface area contributed by atoms with E-state index in [0.29, 0.717) is 17.5 Å². The maximum absolute atomic E-state index is 12.9. The van der Waals surface area contributed by atoms with Crippen LogP contribution in [0.4, 0.5) is 5.69 Å². The molecule has 0 saturated heterocycles. The zero-order valence-corrected chi connectivity index (χ0v) is 19.0. The zero-order chi connectivity index (χ0) is 26.5. The highest BCUT2D eigenvalue weighted by atomic mass is 16.6. The van der Waals surface area contributed by atoms with Crippen molar-refractivity contribution < 1.29 is 33.6 Å². The van der Waals surface area contributed by atoms with E-state index in [1.54, 1.807) is 11.5 Å². The van der Waals surface area contributed by atoms with Gasteiger partial charge in [-0.05, 0) is 41.3 Å². The number of aromatic hydroxyl groups is 1. The minimum absolute atomic E-state index is 0.289. The number of furan rings is 1. The average molecular weight is 501 g/mol. The van der Waals surface area contributed by atoms with Gasteiger partial charge in [-0.15, -0.1) is 0 Å². The maximum atomic E-state index is 12.9. The zero-order valence-electron chi connectivity index (χ0n) is 19.0. The van der Waals surface area contributed by atoms with Gasteiger partial charge in [0.05, 0.1) is 16.7 Å². The second kappa shape index (κ2) is 10.5. The Kier molecular flexibility index (Phi) is 7.07. The Morgan fingerprint density at radius 3 is 2.41 bits per heavy atom. The van der Waals surface area contributed by atoms with E-state index in [1.165, 1.54) is 12.3 Å². The molecule has 0 fully saturated rings. The van der Waals surface area contributed by atoms with E-state index in [1.807, 2.05) is 48.5 Å². The Morgan fingerprint density at radius 1 is 0.973 bits per heavy atom. The van der Waals surface area contributed by atoms with Crippen LogP contribution in [0.15, 0.2) is 83.5 Å². The fraction of sp³-hybridized carbons (Fsp3) is 0.0385. The summed E-state index contributed by atoms with van der Waals surface area (Å²) in [4.78, 5) is 48.1. The lowest BCUT2D eigenvalue weighted by Gasteiger charge is -2.09. The first-order chi connectivity index (χ1) is 17.8. The molecular formula is C26H19N3O8. The smallest absolute Gasteiger partial charge is 0.382 e. The van der Waals surface area contributed by atoms with Gasteiger partial charge in [0.1, 0.15) is 5.56 Å². The second-order valence-corrected chi connectivity index (χ2v) is 7.79. The molecule has 37 heavy (non-hydrogen) atoms. The van der Waals surface area contributed by atoms with Crippen LogP contribution in [-0.2, 0) is 11.2 Å². The molecule has 4 rings (SSSR count). The van der Waals surface area contributed by atoms with Crippen LogP contribution in [-0.4, -0.2) is 27.9 Å². The number of phenolic OH excluding ortho intramolecular Hbond substituents is 1. The maximum Gasteiger partial charge on any atom is 0.382 e. The number of hydrazine groups is 1. The summed E-state index contributed by atoms with van der Waals surface area (Å²) >= 11 is 0. The molecule has 4 N–H and O–H groups in total. The number of nitrogens with one attached hydrogen (secondary N) is 1. The van der Waals surface area contributed by atoms with Gasteiger partial charge in [0.15, 0.2) is 5.75 Å². The van der Waals surface area contributed by atoms with Gasteiger partial charge >= 0.3 is 17.6 Å². The minimum Gasteiger partial charge on any atom is -0.502 e. The number of nitro benzene ring substituents is 1. The summed E-state index contributed by atoms with van der Waals surface area (Å²) in [5, 5.41) is 21.2. The van der Waals surface area contributed by atoms with Crippen LogP contribution < -0.4 is 11.3 Å². The number of amides is 1. The fourth-order valence-corrected chi connectivity index (χ4v) is 3.80. The van der Waals surface area contributed by atoms with E-state index < -0.39 is 45.3 Å². The van der Waals surface area contributed by atoms with E-state index >= 15 is 0 Å². The highest BCUT2D eigenvalue weighted by Gasteiger charge is 2.33. The molecule has 4 aromatic rings. The molecule has 0 atom stereocenters. The van der Waals surface area contributed by atoms with Crippen molar-refractivity contribution in [3.05, 3.63) is 117 Å². The van der Waals surface area contributed by atoms with Gasteiger partial charge in [-0.1, -0.05) is 54.6 Å². The van der Waals surface area contributed by atoms with Gasteiger partial charge in [-0.3, -0.25) is 20.3 Å². The SMILES string of the molecule is NNC(=O)c1c(C(=O)OC(=O)c2occc2-c2cccc(Cc3ccccc3)c2)ccc(O)c1[N+](=O)[O-]. The first kappa shape index (κ1) is 24.8. The topological polar surface area (TPSA) is 175 Å². The highest BCUT2D eigenvalue weighted by Crippen LogP contribution is 2.33. The third-order valence-corrected chi connectivity index (χ3v) is 5.44. The standard InChI is InChI=1S/C26H19N3O8/c27-28-24(31)21-19(9-10-20(30)22(21)29(34)35)25(32)37-26(33)23-18(11-12-36-23)17-8-4-7-16(14-17)13-15-5-2-1-3-6-15/h1-12,14,30H,13,27H2,(H,28,31). The number of carbonyl (C=O) groups excluding carboxylic acids is 3. The molecule has 0 radical (unpaired) electrons. The summed E-state index contributed by atoms with van der Waals surface area (Å²) in [6.45, 7) is 0. The number of carbonyl (C=O) groups is 3. The van der Waals surface area contributed by atoms with Crippen molar-refractivity contribution in [1.29, 1.82) is 0 Å². The van der Waals surface area contributed by atoms with Crippen LogP contribution >= 0.6 is 0 Å². The first-order valence-electron chi connectivity index (χ1n) is 10.8. The van der Waals surface area contributed by atoms with Crippen molar-refractivity contribution in [3.8, 4) is 16.9 Å². The fourth-order valence-electron chi connectivity index (χ4n) is 3.80. The lowest BCUT2D eigenvalue weighted by Crippen LogP contribution is -2.32. The van der Waals surface area contributed by atoms with Crippen molar-refractivity contribution >= 4 is 23.5 Å². The van der Waals surface area contributed by atoms with Gasteiger partial charge in [0, 0.05) is 5.56 Å². The molecule has 1 amide bonds. The Labute approximate surface area is 209 Å². The van der Waals surface area contributed by atoms with Crippen molar-refractivity contribution in [2.24, 2.45) is 5.84 Å². The van der Waals surface area contributed by atoms with Gasteiger partial charge in [-0.25, -0.2) is 15.4 Å². The van der Waals surface area contributed by atoms with Crippen LogP contribution in [0.2, 0.25) is 0 Å². The molecule has 11 heteroatoms. The van der Waals surface area contributed by atoms with Gasteiger partial charge in [-0.2, -0.15) is 0 Å².